The Morgan fingerprint density at radius 2 is 2.00 bits per heavy atom. The van der Waals surface area contributed by atoms with Gasteiger partial charge in [-0.2, -0.15) is 0 Å². The fourth-order valence-electron chi connectivity index (χ4n) is 3.79. The zero-order valence-electron chi connectivity index (χ0n) is 17.6. The highest BCUT2D eigenvalue weighted by Gasteiger charge is 2.44. The van der Waals surface area contributed by atoms with E-state index in [4.69, 9.17) is 0 Å². The lowest BCUT2D eigenvalue weighted by Gasteiger charge is -2.41. The van der Waals surface area contributed by atoms with Crippen molar-refractivity contribution in [2.75, 3.05) is 13.1 Å². The van der Waals surface area contributed by atoms with Gasteiger partial charge in [0, 0.05) is 38.8 Å². The predicted molar refractivity (Wildman–Crippen MR) is 106 cm³/mol. The minimum atomic E-state index is -1.03. The first-order chi connectivity index (χ1) is 13.7. The normalized spacial score (nSPS) is 20.8. The van der Waals surface area contributed by atoms with Gasteiger partial charge in [0.1, 0.15) is 11.9 Å². The van der Waals surface area contributed by atoms with Gasteiger partial charge >= 0.3 is 0 Å². The Labute approximate surface area is 171 Å². The minimum absolute atomic E-state index is 0.0492. The Bertz CT molecular complexity index is 727. The number of hydrogen-bond acceptors (Lipinski definition) is 6. The summed E-state index contributed by atoms with van der Waals surface area (Å²) in [4.78, 5) is 49.0. The van der Waals surface area contributed by atoms with Crippen molar-refractivity contribution in [3.8, 4) is 0 Å². The van der Waals surface area contributed by atoms with E-state index >= 15 is 0 Å². The third-order valence-corrected chi connectivity index (χ3v) is 5.26. The second-order valence-electron chi connectivity index (χ2n) is 7.78. The SMILES string of the molecule is CCC(=O)N(Cc1ncccn1)CC1(C)CCCN1C(=O)[C@@H](NC(C)=O)[C@@H](C)O. The molecule has 1 aliphatic heterocycles. The number of hydrogen-bond donors (Lipinski definition) is 2. The van der Waals surface area contributed by atoms with Crippen LogP contribution in [0, 0.1) is 0 Å². The molecule has 2 heterocycles. The number of likely N-dealkylation sites (tertiary alicyclic amines) is 1. The Hall–Kier alpha value is -2.55. The van der Waals surface area contributed by atoms with Crippen LogP contribution in [0.2, 0.25) is 0 Å². The van der Waals surface area contributed by atoms with E-state index < -0.39 is 17.7 Å². The molecule has 0 spiro atoms. The van der Waals surface area contributed by atoms with E-state index in [9.17, 15) is 19.5 Å². The summed E-state index contributed by atoms with van der Waals surface area (Å²) >= 11 is 0. The Morgan fingerprint density at radius 1 is 1.34 bits per heavy atom. The highest BCUT2D eigenvalue weighted by atomic mass is 16.3. The van der Waals surface area contributed by atoms with Crippen molar-refractivity contribution < 1.29 is 19.5 Å². The molecule has 1 saturated heterocycles. The van der Waals surface area contributed by atoms with E-state index in [-0.39, 0.29) is 24.3 Å². The number of aliphatic hydroxyl groups is 1. The molecule has 1 aromatic heterocycles. The molecule has 1 aliphatic rings. The lowest BCUT2D eigenvalue weighted by molar-refractivity contribution is -0.145. The van der Waals surface area contributed by atoms with Crippen LogP contribution in [-0.4, -0.2) is 73.4 Å². The number of aromatic nitrogens is 2. The molecule has 0 aliphatic carbocycles. The summed E-state index contributed by atoms with van der Waals surface area (Å²) in [6.07, 6.45) is 4.07. The smallest absolute Gasteiger partial charge is 0.248 e. The lowest BCUT2D eigenvalue weighted by atomic mass is 9.96. The number of amides is 3. The molecule has 2 N–H and O–H groups in total. The zero-order valence-corrected chi connectivity index (χ0v) is 17.6. The molecule has 0 saturated carbocycles. The number of nitrogens with zero attached hydrogens (tertiary/aromatic N) is 4. The molecular weight excluding hydrogens is 374 g/mol. The number of nitrogens with one attached hydrogen (secondary N) is 1. The molecular formula is C20H31N5O4. The molecule has 1 fully saturated rings. The number of aliphatic hydroxyl groups excluding tert-OH is 1. The highest BCUT2D eigenvalue weighted by Crippen LogP contribution is 2.31. The van der Waals surface area contributed by atoms with Crippen molar-refractivity contribution >= 4 is 17.7 Å². The average molecular weight is 405 g/mol. The van der Waals surface area contributed by atoms with E-state index in [1.165, 1.54) is 13.8 Å². The van der Waals surface area contributed by atoms with Crippen LogP contribution < -0.4 is 5.32 Å². The molecule has 0 bridgehead atoms. The van der Waals surface area contributed by atoms with Gasteiger partial charge in [0.2, 0.25) is 17.7 Å². The van der Waals surface area contributed by atoms with Gasteiger partial charge in [-0.05, 0) is 32.8 Å². The Kier molecular flexibility index (Phi) is 7.66. The first kappa shape index (κ1) is 22.7. The van der Waals surface area contributed by atoms with Crippen molar-refractivity contribution in [3.63, 3.8) is 0 Å². The largest absolute Gasteiger partial charge is 0.391 e. The number of rotatable bonds is 8. The maximum absolute atomic E-state index is 13.1. The maximum Gasteiger partial charge on any atom is 0.248 e. The highest BCUT2D eigenvalue weighted by molar-refractivity contribution is 5.88. The molecule has 1 aromatic rings. The summed E-state index contributed by atoms with van der Waals surface area (Å²) in [5, 5.41) is 12.6. The van der Waals surface area contributed by atoms with Crippen LogP contribution in [0.15, 0.2) is 18.5 Å². The van der Waals surface area contributed by atoms with Crippen molar-refractivity contribution in [2.24, 2.45) is 0 Å². The van der Waals surface area contributed by atoms with Gasteiger partial charge in [-0.15, -0.1) is 0 Å². The lowest BCUT2D eigenvalue weighted by Crippen LogP contribution is -2.60. The second kappa shape index (κ2) is 9.78. The molecule has 3 amide bonds. The Balaban J connectivity index is 2.23. The molecule has 9 heteroatoms. The van der Waals surface area contributed by atoms with Crippen LogP contribution in [0.1, 0.15) is 52.8 Å². The number of carbonyl (C=O) groups excluding carboxylic acids is 3. The van der Waals surface area contributed by atoms with Crippen LogP contribution >= 0.6 is 0 Å². The van der Waals surface area contributed by atoms with Crippen molar-refractivity contribution in [2.45, 2.75) is 71.2 Å². The van der Waals surface area contributed by atoms with Crippen molar-refractivity contribution in [1.29, 1.82) is 0 Å². The third kappa shape index (κ3) is 5.72. The Morgan fingerprint density at radius 3 is 2.55 bits per heavy atom. The summed E-state index contributed by atoms with van der Waals surface area (Å²) in [5.74, 6) is -0.231. The standard InChI is InChI=1S/C20H31N5O4/c1-5-17(28)24(12-16-21-9-7-10-22-16)13-20(4)8-6-11-25(20)19(29)18(14(2)26)23-15(3)27/h7,9-10,14,18,26H,5-6,8,11-13H2,1-4H3,(H,23,27)/t14-,18+,20?/m1/s1. The summed E-state index contributed by atoms with van der Waals surface area (Å²) in [6.45, 7) is 7.62. The van der Waals surface area contributed by atoms with E-state index in [1.54, 1.807) is 35.2 Å². The quantitative estimate of drug-likeness (QED) is 0.650. The predicted octanol–water partition coefficient (Wildman–Crippen LogP) is 0.482. The third-order valence-electron chi connectivity index (χ3n) is 5.26. The molecule has 0 radical (unpaired) electrons. The first-order valence-electron chi connectivity index (χ1n) is 9.98. The van der Waals surface area contributed by atoms with Gasteiger partial charge in [-0.25, -0.2) is 9.97 Å². The van der Waals surface area contributed by atoms with E-state index in [1.807, 2.05) is 6.92 Å². The van der Waals surface area contributed by atoms with Crippen LogP contribution in [0.3, 0.4) is 0 Å². The monoisotopic (exact) mass is 405 g/mol. The second-order valence-corrected chi connectivity index (χ2v) is 7.78. The molecule has 1 unspecified atom stereocenters. The van der Waals surface area contributed by atoms with Crippen LogP contribution in [0.4, 0.5) is 0 Å². The fourth-order valence-corrected chi connectivity index (χ4v) is 3.79. The van der Waals surface area contributed by atoms with Crippen LogP contribution in [0.25, 0.3) is 0 Å². The fraction of sp³-hybridized carbons (Fsp3) is 0.650. The van der Waals surface area contributed by atoms with E-state index in [2.05, 4.69) is 15.3 Å². The number of carbonyl (C=O) groups is 3. The summed E-state index contributed by atoms with van der Waals surface area (Å²) in [6, 6.07) is 0.699. The molecule has 9 nitrogen and oxygen atoms in total. The van der Waals surface area contributed by atoms with Gasteiger partial charge in [0.05, 0.1) is 18.2 Å². The van der Waals surface area contributed by atoms with Crippen molar-refractivity contribution in [1.82, 2.24) is 25.1 Å². The molecule has 160 valence electrons. The van der Waals surface area contributed by atoms with Gasteiger partial charge in [-0.1, -0.05) is 6.92 Å². The topological polar surface area (TPSA) is 116 Å². The molecule has 29 heavy (non-hydrogen) atoms. The molecule has 2 rings (SSSR count). The van der Waals surface area contributed by atoms with Gasteiger partial charge in [0.25, 0.3) is 0 Å². The van der Waals surface area contributed by atoms with Crippen LogP contribution in [-0.2, 0) is 20.9 Å². The average Bonchev–Trinajstić information content (AvgIpc) is 3.06. The van der Waals surface area contributed by atoms with Crippen LogP contribution in [0.5, 0.6) is 0 Å². The minimum Gasteiger partial charge on any atom is -0.391 e. The molecule has 3 atom stereocenters. The first-order valence-corrected chi connectivity index (χ1v) is 9.98. The van der Waals surface area contributed by atoms with Gasteiger partial charge in [-0.3, -0.25) is 14.4 Å². The maximum atomic E-state index is 13.1. The zero-order chi connectivity index (χ0) is 21.6. The van der Waals surface area contributed by atoms with Gasteiger partial charge in [0.15, 0.2) is 0 Å². The summed E-state index contributed by atoms with van der Waals surface area (Å²) in [7, 11) is 0. The summed E-state index contributed by atoms with van der Waals surface area (Å²) in [5.41, 5.74) is -0.609. The van der Waals surface area contributed by atoms with E-state index in [0.29, 0.717) is 31.8 Å². The summed E-state index contributed by atoms with van der Waals surface area (Å²) < 4.78 is 0. The van der Waals surface area contributed by atoms with E-state index in [0.717, 1.165) is 6.42 Å². The molecule has 0 aromatic carbocycles. The van der Waals surface area contributed by atoms with Gasteiger partial charge < -0.3 is 20.2 Å². The van der Waals surface area contributed by atoms with Crippen molar-refractivity contribution in [3.05, 3.63) is 24.3 Å².